The van der Waals surface area contributed by atoms with Gasteiger partial charge >= 0.3 is 0 Å². The molecule has 0 saturated carbocycles. The maximum absolute atomic E-state index is 12.3. The van der Waals surface area contributed by atoms with Gasteiger partial charge in [-0.25, -0.2) is 0 Å². The van der Waals surface area contributed by atoms with Gasteiger partial charge in [-0.3, -0.25) is 19.7 Å². The summed E-state index contributed by atoms with van der Waals surface area (Å²) in [4.78, 5) is 33.7. The Morgan fingerprint density at radius 3 is 2.48 bits per heavy atom. The van der Waals surface area contributed by atoms with Crippen molar-refractivity contribution in [2.45, 2.75) is 6.92 Å². The van der Waals surface area contributed by atoms with Crippen molar-refractivity contribution in [1.82, 2.24) is 0 Å². The average molecular weight is 334 g/mol. The van der Waals surface area contributed by atoms with Crippen LogP contribution in [-0.4, -0.2) is 16.7 Å². The van der Waals surface area contributed by atoms with E-state index in [1.54, 1.807) is 18.2 Å². The first-order valence-electron chi connectivity index (χ1n) is 6.50. The first-order valence-corrected chi connectivity index (χ1v) is 6.88. The normalized spacial score (nSPS) is 10.0. The fourth-order valence-corrected chi connectivity index (χ4v) is 2.10. The van der Waals surface area contributed by atoms with Gasteiger partial charge in [0.1, 0.15) is 5.02 Å². The van der Waals surface area contributed by atoms with Gasteiger partial charge in [-0.1, -0.05) is 23.7 Å². The fourth-order valence-electron chi connectivity index (χ4n) is 1.91. The van der Waals surface area contributed by atoms with E-state index < -0.39 is 10.8 Å². The maximum atomic E-state index is 12.3. The van der Waals surface area contributed by atoms with Crippen LogP contribution in [0.3, 0.4) is 0 Å². The molecule has 0 aliphatic carbocycles. The molecule has 118 valence electrons. The zero-order chi connectivity index (χ0) is 17.0. The standard InChI is InChI=1S/C15H12ClN3O4/c1-9(20)17-13-5-3-2-4-11(13)15(21)18-10-6-7-12(16)14(8-10)19(22)23/h2-8H,1H3,(H,17,20)(H,18,21). The number of para-hydroxylation sites is 1. The van der Waals surface area contributed by atoms with Crippen LogP contribution in [0, 0.1) is 10.1 Å². The lowest BCUT2D eigenvalue weighted by molar-refractivity contribution is -0.384. The minimum absolute atomic E-state index is 0.0216. The molecular formula is C15H12ClN3O4. The summed E-state index contributed by atoms with van der Waals surface area (Å²) in [6, 6.07) is 10.4. The van der Waals surface area contributed by atoms with E-state index in [0.717, 1.165) is 0 Å². The molecule has 8 heteroatoms. The zero-order valence-corrected chi connectivity index (χ0v) is 12.8. The molecule has 2 rings (SSSR count). The van der Waals surface area contributed by atoms with Crippen LogP contribution in [0.5, 0.6) is 0 Å². The fraction of sp³-hybridized carbons (Fsp3) is 0.0667. The van der Waals surface area contributed by atoms with Crippen molar-refractivity contribution in [2.75, 3.05) is 10.6 Å². The highest BCUT2D eigenvalue weighted by molar-refractivity contribution is 6.32. The summed E-state index contributed by atoms with van der Waals surface area (Å²) in [6.45, 7) is 1.33. The van der Waals surface area contributed by atoms with Crippen LogP contribution in [0.2, 0.25) is 5.02 Å². The molecule has 0 saturated heterocycles. The topological polar surface area (TPSA) is 101 Å². The zero-order valence-electron chi connectivity index (χ0n) is 12.0. The molecule has 2 N–H and O–H groups in total. The third kappa shape index (κ3) is 4.04. The van der Waals surface area contributed by atoms with Crippen LogP contribution >= 0.6 is 11.6 Å². The Labute approximate surface area is 136 Å². The molecule has 23 heavy (non-hydrogen) atoms. The molecule has 0 fully saturated rings. The van der Waals surface area contributed by atoms with E-state index in [1.165, 1.54) is 31.2 Å². The Bertz CT molecular complexity index is 792. The quantitative estimate of drug-likeness (QED) is 0.660. The molecule has 0 bridgehead atoms. The van der Waals surface area contributed by atoms with Gasteiger partial charge in [0, 0.05) is 18.7 Å². The Balaban J connectivity index is 2.28. The molecule has 2 aromatic carbocycles. The van der Waals surface area contributed by atoms with E-state index in [2.05, 4.69) is 10.6 Å². The van der Waals surface area contributed by atoms with Crippen molar-refractivity contribution in [2.24, 2.45) is 0 Å². The number of benzene rings is 2. The number of carbonyl (C=O) groups excluding carboxylic acids is 2. The highest BCUT2D eigenvalue weighted by Crippen LogP contribution is 2.28. The van der Waals surface area contributed by atoms with E-state index >= 15 is 0 Å². The first kappa shape index (κ1) is 16.4. The molecule has 7 nitrogen and oxygen atoms in total. The number of rotatable bonds is 4. The number of nitro groups is 1. The average Bonchev–Trinajstić information content (AvgIpc) is 2.48. The number of anilines is 2. The second-order valence-electron chi connectivity index (χ2n) is 4.60. The number of nitrogens with one attached hydrogen (secondary N) is 2. The lowest BCUT2D eigenvalue weighted by Gasteiger charge is -2.10. The van der Waals surface area contributed by atoms with Crippen molar-refractivity contribution >= 4 is 40.5 Å². The molecule has 0 unspecified atom stereocenters. The van der Waals surface area contributed by atoms with Crippen LogP contribution in [-0.2, 0) is 4.79 Å². The monoisotopic (exact) mass is 333 g/mol. The van der Waals surface area contributed by atoms with Gasteiger partial charge in [-0.15, -0.1) is 0 Å². The minimum Gasteiger partial charge on any atom is -0.326 e. The highest BCUT2D eigenvalue weighted by atomic mass is 35.5. The van der Waals surface area contributed by atoms with E-state index in [1.807, 2.05) is 0 Å². The SMILES string of the molecule is CC(=O)Nc1ccccc1C(=O)Nc1ccc(Cl)c([N+](=O)[O-])c1. The smallest absolute Gasteiger partial charge is 0.289 e. The van der Waals surface area contributed by atoms with Gasteiger partial charge in [0.15, 0.2) is 0 Å². The van der Waals surface area contributed by atoms with Gasteiger partial charge in [-0.05, 0) is 24.3 Å². The Hall–Kier alpha value is -2.93. The van der Waals surface area contributed by atoms with Gasteiger partial charge in [0.25, 0.3) is 11.6 Å². The number of hydrogen-bond donors (Lipinski definition) is 2. The van der Waals surface area contributed by atoms with Gasteiger partial charge < -0.3 is 10.6 Å². The van der Waals surface area contributed by atoms with Gasteiger partial charge in [0.05, 0.1) is 16.2 Å². The van der Waals surface area contributed by atoms with Crippen LogP contribution in [0.4, 0.5) is 17.1 Å². The van der Waals surface area contributed by atoms with E-state index in [9.17, 15) is 19.7 Å². The van der Waals surface area contributed by atoms with Crippen molar-refractivity contribution in [1.29, 1.82) is 0 Å². The first-order chi connectivity index (χ1) is 10.9. The third-order valence-electron chi connectivity index (χ3n) is 2.88. The predicted molar refractivity (Wildman–Crippen MR) is 86.8 cm³/mol. The lowest BCUT2D eigenvalue weighted by Crippen LogP contribution is -2.16. The molecule has 0 spiro atoms. The number of nitro benzene ring substituents is 1. The second kappa shape index (κ2) is 6.89. The summed E-state index contributed by atoms with van der Waals surface area (Å²) in [5.41, 5.74) is 0.504. The largest absolute Gasteiger partial charge is 0.326 e. The summed E-state index contributed by atoms with van der Waals surface area (Å²) >= 11 is 5.73. The Kier molecular flexibility index (Phi) is 4.92. The molecule has 2 amide bonds. The van der Waals surface area contributed by atoms with Gasteiger partial charge in [0.2, 0.25) is 5.91 Å². The summed E-state index contributed by atoms with van der Waals surface area (Å²) in [5.74, 6) is -0.821. The number of hydrogen-bond acceptors (Lipinski definition) is 4. The lowest BCUT2D eigenvalue weighted by atomic mass is 10.1. The van der Waals surface area contributed by atoms with Crippen molar-refractivity contribution in [3.05, 3.63) is 63.2 Å². The maximum Gasteiger partial charge on any atom is 0.289 e. The highest BCUT2D eigenvalue weighted by Gasteiger charge is 2.16. The van der Waals surface area contributed by atoms with Crippen molar-refractivity contribution < 1.29 is 14.5 Å². The minimum atomic E-state index is -0.636. The van der Waals surface area contributed by atoms with Gasteiger partial charge in [-0.2, -0.15) is 0 Å². The van der Waals surface area contributed by atoms with E-state index in [-0.39, 0.29) is 27.9 Å². The Morgan fingerprint density at radius 1 is 1.13 bits per heavy atom. The van der Waals surface area contributed by atoms with Crippen molar-refractivity contribution in [3.8, 4) is 0 Å². The van der Waals surface area contributed by atoms with Crippen LogP contribution in [0.15, 0.2) is 42.5 Å². The summed E-state index contributed by atoms with van der Waals surface area (Å²) in [6.07, 6.45) is 0. The second-order valence-corrected chi connectivity index (χ2v) is 5.01. The predicted octanol–water partition coefficient (Wildman–Crippen LogP) is 3.46. The molecule has 0 aliphatic rings. The molecule has 0 aliphatic heterocycles. The molecule has 0 heterocycles. The number of nitrogens with zero attached hydrogens (tertiary/aromatic N) is 1. The number of carbonyl (C=O) groups is 2. The number of halogens is 1. The van der Waals surface area contributed by atoms with Crippen LogP contribution < -0.4 is 10.6 Å². The third-order valence-corrected chi connectivity index (χ3v) is 3.20. The van der Waals surface area contributed by atoms with Crippen molar-refractivity contribution in [3.63, 3.8) is 0 Å². The Morgan fingerprint density at radius 2 is 1.83 bits per heavy atom. The summed E-state index contributed by atoms with van der Waals surface area (Å²) in [7, 11) is 0. The molecule has 2 aromatic rings. The van der Waals surface area contributed by atoms with Crippen LogP contribution in [0.1, 0.15) is 17.3 Å². The molecule has 0 atom stereocenters. The molecule has 0 radical (unpaired) electrons. The molecular weight excluding hydrogens is 322 g/mol. The summed E-state index contributed by atoms with van der Waals surface area (Å²) in [5, 5.41) is 15.9. The number of amides is 2. The van der Waals surface area contributed by atoms with E-state index in [0.29, 0.717) is 5.69 Å². The summed E-state index contributed by atoms with van der Waals surface area (Å²) < 4.78 is 0. The van der Waals surface area contributed by atoms with Crippen LogP contribution in [0.25, 0.3) is 0 Å². The molecule has 0 aromatic heterocycles. The van der Waals surface area contributed by atoms with E-state index in [4.69, 9.17) is 11.6 Å².